The van der Waals surface area contributed by atoms with E-state index in [1.165, 1.54) is 6.07 Å². The number of para-hydroxylation sites is 2. The van der Waals surface area contributed by atoms with Gasteiger partial charge in [0.15, 0.2) is 0 Å². The highest BCUT2D eigenvalue weighted by Gasteiger charge is 2.33. The minimum atomic E-state index is -0.379. The van der Waals surface area contributed by atoms with Gasteiger partial charge in [0.05, 0.1) is 22.0 Å². The van der Waals surface area contributed by atoms with Gasteiger partial charge in [0.2, 0.25) is 5.82 Å². The summed E-state index contributed by atoms with van der Waals surface area (Å²) in [5.74, 6) is 1.25. The highest BCUT2D eigenvalue weighted by Crippen LogP contribution is 2.38. The molecule has 7 heteroatoms. The molecule has 0 amide bonds. The number of anilines is 1. The van der Waals surface area contributed by atoms with Gasteiger partial charge in [0.25, 0.3) is 0 Å². The molecular weight excluding hydrogens is 294 g/mol. The average molecular weight is 309 g/mol. The molecule has 2 aromatic heterocycles. The summed E-state index contributed by atoms with van der Waals surface area (Å²) in [5, 5.41) is 11.3. The summed E-state index contributed by atoms with van der Waals surface area (Å²) in [5.41, 5.74) is 1.92. The number of hydrogen-bond acceptors (Lipinski definition) is 5. The molecule has 4 rings (SSSR count). The molecule has 1 atom stereocenters. The Morgan fingerprint density at radius 2 is 2.13 bits per heavy atom. The number of benzene rings is 1. The molecule has 116 valence electrons. The number of imidazole rings is 1. The zero-order valence-corrected chi connectivity index (χ0v) is 12.3. The fourth-order valence-corrected chi connectivity index (χ4v) is 3.19. The summed E-state index contributed by atoms with van der Waals surface area (Å²) >= 11 is 0. The molecule has 1 aliphatic heterocycles. The molecule has 1 saturated heterocycles. The third-order valence-electron chi connectivity index (χ3n) is 4.21. The Morgan fingerprint density at radius 1 is 1.26 bits per heavy atom. The molecule has 3 aromatic rings. The van der Waals surface area contributed by atoms with Gasteiger partial charge < -0.3 is 9.88 Å². The Bertz CT molecular complexity index is 843. The highest BCUT2D eigenvalue weighted by molar-refractivity contribution is 5.75. The summed E-state index contributed by atoms with van der Waals surface area (Å²) < 4.78 is 0. The number of aromatic amines is 1. The molecule has 0 bridgehead atoms. The van der Waals surface area contributed by atoms with Gasteiger partial charge in [-0.2, -0.15) is 0 Å². The van der Waals surface area contributed by atoms with E-state index in [2.05, 4.69) is 15.0 Å². The largest absolute Gasteiger partial charge is 0.341 e. The summed E-state index contributed by atoms with van der Waals surface area (Å²) in [6.07, 6.45) is 3.44. The van der Waals surface area contributed by atoms with Crippen LogP contribution in [0.15, 0.2) is 42.6 Å². The topological polar surface area (TPSA) is 87.9 Å². The molecule has 0 spiro atoms. The standard InChI is InChI=1S/C16H15N5O2/c22-21(23)14-7-3-9-17-16(14)20-10-4-8-13(20)15-18-11-5-1-2-6-12(11)19-15/h1-3,5-7,9,13H,4,8,10H2,(H,18,19). The Labute approximate surface area is 132 Å². The fourth-order valence-electron chi connectivity index (χ4n) is 3.19. The number of H-pyrrole nitrogens is 1. The molecule has 1 N–H and O–H groups in total. The maximum absolute atomic E-state index is 11.3. The fraction of sp³-hybridized carbons (Fsp3) is 0.250. The number of pyridine rings is 1. The SMILES string of the molecule is O=[N+]([O-])c1cccnc1N1CCCC1c1nc2ccccc2[nH]1. The van der Waals surface area contributed by atoms with Crippen molar-refractivity contribution in [3.63, 3.8) is 0 Å². The number of nitrogens with zero attached hydrogens (tertiary/aromatic N) is 4. The average Bonchev–Trinajstić information content (AvgIpc) is 3.21. The summed E-state index contributed by atoms with van der Waals surface area (Å²) in [7, 11) is 0. The third-order valence-corrected chi connectivity index (χ3v) is 4.21. The van der Waals surface area contributed by atoms with Gasteiger partial charge in [-0.3, -0.25) is 10.1 Å². The van der Waals surface area contributed by atoms with Gasteiger partial charge >= 0.3 is 5.69 Å². The van der Waals surface area contributed by atoms with Crippen molar-refractivity contribution in [1.82, 2.24) is 15.0 Å². The predicted molar refractivity (Wildman–Crippen MR) is 86.3 cm³/mol. The zero-order chi connectivity index (χ0) is 15.8. The number of hydrogen-bond donors (Lipinski definition) is 1. The number of aromatic nitrogens is 3. The number of nitrogens with one attached hydrogen (secondary N) is 1. The third kappa shape index (κ3) is 2.30. The van der Waals surface area contributed by atoms with Crippen molar-refractivity contribution >= 4 is 22.5 Å². The first-order valence-electron chi connectivity index (χ1n) is 7.55. The van der Waals surface area contributed by atoms with Crippen LogP contribution in [0.25, 0.3) is 11.0 Å². The molecule has 1 aliphatic rings. The molecule has 3 heterocycles. The lowest BCUT2D eigenvalue weighted by molar-refractivity contribution is -0.384. The first kappa shape index (κ1) is 13.7. The van der Waals surface area contributed by atoms with Crippen molar-refractivity contribution in [1.29, 1.82) is 0 Å². The Balaban J connectivity index is 1.76. The number of fused-ring (bicyclic) bond motifs is 1. The molecular formula is C16H15N5O2. The second-order valence-corrected chi connectivity index (χ2v) is 5.59. The zero-order valence-electron chi connectivity index (χ0n) is 12.3. The van der Waals surface area contributed by atoms with E-state index in [0.29, 0.717) is 5.82 Å². The van der Waals surface area contributed by atoms with Crippen LogP contribution in [-0.4, -0.2) is 26.4 Å². The highest BCUT2D eigenvalue weighted by atomic mass is 16.6. The van der Waals surface area contributed by atoms with Crippen molar-refractivity contribution in [2.75, 3.05) is 11.4 Å². The second kappa shape index (κ2) is 5.35. The van der Waals surface area contributed by atoms with Gasteiger partial charge in [0, 0.05) is 18.8 Å². The normalized spacial score (nSPS) is 17.7. The van der Waals surface area contributed by atoms with Gasteiger partial charge in [0.1, 0.15) is 5.82 Å². The van der Waals surface area contributed by atoms with Crippen LogP contribution in [0, 0.1) is 10.1 Å². The van der Waals surface area contributed by atoms with E-state index < -0.39 is 0 Å². The van der Waals surface area contributed by atoms with Crippen molar-refractivity contribution in [3.8, 4) is 0 Å². The predicted octanol–water partition coefficient (Wildman–Crippen LogP) is 3.21. The van der Waals surface area contributed by atoms with E-state index in [1.807, 2.05) is 29.2 Å². The van der Waals surface area contributed by atoms with E-state index in [4.69, 9.17) is 0 Å². The van der Waals surface area contributed by atoms with Crippen LogP contribution in [-0.2, 0) is 0 Å². The van der Waals surface area contributed by atoms with Crippen LogP contribution in [0.1, 0.15) is 24.7 Å². The van der Waals surface area contributed by atoms with Crippen LogP contribution in [0.3, 0.4) is 0 Å². The van der Waals surface area contributed by atoms with Gasteiger partial charge in [-0.25, -0.2) is 9.97 Å². The van der Waals surface area contributed by atoms with E-state index in [1.54, 1.807) is 12.3 Å². The van der Waals surface area contributed by atoms with Crippen LogP contribution in [0.4, 0.5) is 11.5 Å². The lowest BCUT2D eigenvalue weighted by Gasteiger charge is -2.23. The van der Waals surface area contributed by atoms with Gasteiger partial charge in [-0.15, -0.1) is 0 Å². The maximum atomic E-state index is 11.3. The minimum Gasteiger partial charge on any atom is -0.341 e. The first-order valence-corrected chi connectivity index (χ1v) is 7.55. The van der Waals surface area contributed by atoms with Crippen LogP contribution in [0.2, 0.25) is 0 Å². The van der Waals surface area contributed by atoms with Crippen molar-refractivity contribution < 1.29 is 4.92 Å². The van der Waals surface area contributed by atoms with Crippen molar-refractivity contribution in [2.45, 2.75) is 18.9 Å². The molecule has 1 unspecified atom stereocenters. The maximum Gasteiger partial charge on any atom is 0.311 e. The van der Waals surface area contributed by atoms with E-state index in [9.17, 15) is 10.1 Å². The van der Waals surface area contributed by atoms with Crippen LogP contribution >= 0.6 is 0 Å². The smallest absolute Gasteiger partial charge is 0.311 e. The molecule has 1 aromatic carbocycles. The molecule has 0 saturated carbocycles. The summed E-state index contributed by atoms with van der Waals surface area (Å²) in [6.45, 7) is 0.736. The van der Waals surface area contributed by atoms with E-state index >= 15 is 0 Å². The van der Waals surface area contributed by atoms with Gasteiger partial charge in [-0.05, 0) is 31.0 Å². The van der Waals surface area contributed by atoms with Crippen molar-refractivity contribution in [2.24, 2.45) is 0 Å². The second-order valence-electron chi connectivity index (χ2n) is 5.59. The molecule has 23 heavy (non-hydrogen) atoms. The minimum absolute atomic E-state index is 0.0176. The van der Waals surface area contributed by atoms with E-state index in [0.717, 1.165) is 36.2 Å². The Morgan fingerprint density at radius 3 is 2.96 bits per heavy atom. The molecule has 7 nitrogen and oxygen atoms in total. The Hall–Kier alpha value is -2.96. The molecule has 0 radical (unpaired) electrons. The van der Waals surface area contributed by atoms with Crippen molar-refractivity contribution in [3.05, 3.63) is 58.5 Å². The van der Waals surface area contributed by atoms with E-state index in [-0.39, 0.29) is 16.7 Å². The lowest BCUT2D eigenvalue weighted by Crippen LogP contribution is -2.25. The van der Waals surface area contributed by atoms with Gasteiger partial charge in [-0.1, -0.05) is 12.1 Å². The molecule has 1 fully saturated rings. The first-order chi connectivity index (χ1) is 11.2. The Kier molecular flexibility index (Phi) is 3.18. The quantitative estimate of drug-likeness (QED) is 0.593. The summed E-state index contributed by atoms with van der Waals surface area (Å²) in [4.78, 5) is 25.1. The van der Waals surface area contributed by atoms with Crippen LogP contribution in [0.5, 0.6) is 0 Å². The molecule has 0 aliphatic carbocycles. The number of nitro groups is 1. The monoisotopic (exact) mass is 309 g/mol. The van der Waals surface area contributed by atoms with Crippen LogP contribution < -0.4 is 4.90 Å². The number of rotatable bonds is 3. The summed E-state index contributed by atoms with van der Waals surface area (Å²) in [6, 6.07) is 10.9. The lowest BCUT2D eigenvalue weighted by atomic mass is 10.2.